The zero-order chi connectivity index (χ0) is 37.7. The number of rotatable bonds is 34. The Morgan fingerprint density at radius 1 is 0.569 bits per heavy atom. The Hall–Kier alpha value is -2.84. The summed E-state index contributed by atoms with van der Waals surface area (Å²) < 4.78 is 26.2. The lowest BCUT2D eigenvalue weighted by Gasteiger charge is -2.18. The molecule has 51 heavy (non-hydrogen) atoms. The second kappa shape index (κ2) is 35.6. The number of carbonyl (C=O) groups excluding carboxylic acids is 3. The van der Waals surface area contributed by atoms with Crippen molar-refractivity contribution in [2.24, 2.45) is 0 Å². The lowest BCUT2D eigenvalue weighted by atomic mass is 10.1. The number of hydrogen-bond donors (Lipinski definition) is 2. The van der Waals surface area contributed by atoms with Crippen LogP contribution < -0.4 is 0 Å². The third-order valence-corrected chi connectivity index (χ3v) is 8.16. The highest BCUT2D eigenvalue weighted by Gasteiger charge is 2.22. The zero-order valence-corrected chi connectivity index (χ0v) is 32.4. The highest BCUT2D eigenvalue weighted by atomic mass is 31.2. The Bertz CT molecular complexity index is 1110. The van der Waals surface area contributed by atoms with Crippen molar-refractivity contribution < 1.29 is 42.7 Å². The van der Waals surface area contributed by atoms with Crippen LogP contribution in [0.2, 0.25) is 0 Å². The van der Waals surface area contributed by atoms with Crippen LogP contribution in [-0.4, -0.2) is 46.8 Å². The van der Waals surface area contributed by atoms with E-state index in [1.807, 2.05) is 36.5 Å². The molecule has 0 saturated heterocycles. The molecule has 0 aromatic carbocycles. The third-order valence-electron chi connectivity index (χ3n) is 7.67. The topological polar surface area (TPSA) is 136 Å². The summed E-state index contributed by atoms with van der Waals surface area (Å²) in [6, 6.07) is 0. The summed E-state index contributed by atoms with van der Waals surface area (Å²) in [7, 11) is -4.78. The molecule has 0 aromatic rings. The molecule has 0 bridgehead atoms. The van der Waals surface area contributed by atoms with E-state index in [9.17, 15) is 18.9 Å². The van der Waals surface area contributed by atoms with Crippen molar-refractivity contribution in [3.8, 4) is 0 Å². The molecule has 0 heterocycles. The van der Waals surface area contributed by atoms with Crippen molar-refractivity contribution in [3.05, 3.63) is 72.9 Å². The van der Waals surface area contributed by atoms with Gasteiger partial charge in [0.15, 0.2) is 11.9 Å². The van der Waals surface area contributed by atoms with E-state index in [0.717, 1.165) is 77.0 Å². The van der Waals surface area contributed by atoms with Crippen LogP contribution in [0.4, 0.5) is 0 Å². The summed E-state index contributed by atoms with van der Waals surface area (Å²) >= 11 is 0. The maximum absolute atomic E-state index is 12.4. The highest BCUT2D eigenvalue weighted by molar-refractivity contribution is 7.46. The van der Waals surface area contributed by atoms with Crippen molar-refractivity contribution in [1.82, 2.24) is 0 Å². The number of unbranched alkanes of at least 4 members (excludes halogenated alkanes) is 11. The lowest BCUT2D eigenvalue weighted by Crippen LogP contribution is -2.29. The molecule has 0 aromatic heterocycles. The van der Waals surface area contributed by atoms with E-state index in [1.54, 1.807) is 12.2 Å². The molecule has 290 valence electrons. The first-order chi connectivity index (χ1) is 24.7. The Morgan fingerprint density at radius 3 is 1.73 bits per heavy atom. The molecule has 0 amide bonds. The minimum Gasteiger partial charge on any atom is -0.462 e. The van der Waals surface area contributed by atoms with Gasteiger partial charge in [0.2, 0.25) is 0 Å². The molecule has 1 atom stereocenters. The predicted molar refractivity (Wildman–Crippen MR) is 207 cm³/mol. The van der Waals surface area contributed by atoms with Gasteiger partial charge in [-0.05, 0) is 76.7 Å². The van der Waals surface area contributed by atoms with Crippen LogP contribution >= 0.6 is 7.82 Å². The minimum atomic E-state index is -4.78. The van der Waals surface area contributed by atoms with Crippen molar-refractivity contribution in [2.75, 3.05) is 13.2 Å². The molecule has 0 radical (unpaired) electrons. The second-order valence-corrected chi connectivity index (χ2v) is 13.8. The van der Waals surface area contributed by atoms with Crippen molar-refractivity contribution in [3.63, 3.8) is 0 Å². The lowest BCUT2D eigenvalue weighted by molar-refractivity contribution is -0.161. The van der Waals surface area contributed by atoms with E-state index in [1.165, 1.54) is 19.3 Å². The number of allylic oxidation sites excluding steroid dienone is 12. The largest absolute Gasteiger partial charge is 0.469 e. The van der Waals surface area contributed by atoms with Crippen molar-refractivity contribution >= 4 is 25.5 Å². The van der Waals surface area contributed by atoms with E-state index in [0.29, 0.717) is 25.7 Å². The fourth-order valence-electron chi connectivity index (χ4n) is 4.76. The van der Waals surface area contributed by atoms with Crippen LogP contribution in [0.1, 0.15) is 149 Å². The monoisotopic (exact) mass is 734 g/mol. The maximum Gasteiger partial charge on any atom is 0.469 e. The standard InChI is InChI=1S/C41H67O9P/c1-3-5-7-8-9-10-11-12-13-14-17-21-24-27-31-35-41(44)50-39(37-49-51(45,46)47)36-48-40(43)34-30-26-23-20-18-15-16-19-22-25-29-33-38(42)32-28-6-4-2/h9-10,12-13,15-16,20,22-23,25,29,33,39H,3-8,11,14,17-19,21,24,26-28,30-32,34-37H2,1-2H3,(H2,45,46,47)/b10-9-,13-12-,16-15-,23-20-,25-22-,33-29+/t39-/m1/s1. The zero-order valence-electron chi connectivity index (χ0n) is 31.5. The molecule has 0 rings (SSSR count). The van der Waals surface area contributed by atoms with Gasteiger partial charge >= 0.3 is 19.8 Å². The molecule has 0 aliphatic heterocycles. The van der Waals surface area contributed by atoms with Crippen LogP contribution in [0.3, 0.4) is 0 Å². The van der Waals surface area contributed by atoms with Gasteiger partial charge < -0.3 is 19.3 Å². The van der Waals surface area contributed by atoms with E-state index in [2.05, 4.69) is 42.7 Å². The second-order valence-electron chi connectivity index (χ2n) is 12.6. The van der Waals surface area contributed by atoms with Crippen molar-refractivity contribution in [2.45, 2.75) is 155 Å². The fourth-order valence-corrected chi connectivity index (χ4v) is 5.12. The average molecular weight is 735 g/mol. The van der Waals surface area contributed by atoms with Gasteiger partial charge in [-0.25, -0.2) is 4.57 Å². The summed E-state index contributed by atoms with van der Waals surface area (Å²) in [4.78, 5) is 54.4. The van der Waals surface area contributed by atoms with Crippen LogP contribution in [0.15, 0.2) is 72.9 Å². The first-order valence-electron chi connectivity index (χ1n) is 19.2. The predicted octanol–water partition coefficient (Wildman–Crippen LogP) is 10.7. The van der Waals surface area contributed by atoms with Gasteiger partial charge in [-0.1, -0.05) is 126 Å². The van der Waals surface area contributed by atoms with E-state index < -0.39 is 32.5 Å². The van der Waals surface area contributed by atoms with Gasteiger partial charge in [-0.15, -0.1) is 0 Å². The first-order valence-corrected chi connectivity index (χ1v) is 20.7. The SMILES string of the molecule is CCCCC/C=C\C/C=C\CCCCCCCC(=O)O[C@H](COC(=O)CCC/C=C\C/C=C\C/C=C\C=C\C(=O)CCCCC)COP(=O)(O)O. The van der Waals surface area contributed by atoms with Crippen LogP contribution in [0.5, 0.6) is 0 Å². The normalized spacial score (nSPS) is 13.2. The molecule has 0 fully saturated rings. The van der Waals surface area contributed by atoms with E-state index in [-0.39, 0.29) is 25.2 Å². The molecule has 0 aliphatic carbocycles. The number of ether oxygens (including phenoxy) is 2. The van der Waals surface area contributed by atoms with Gasteiger partial charge in [-0.2, -0.15) is 0 Å². The van der Waals surface area contributed by atoms with E-state index >= 15 is 0 Å². The molecule has 10 heteroatoms. The molecule has 0 unspecified atom stereocenters. The van der Waals surface area contributed by atoms with Gasteiger partial charge in [0.1, 0.15) is 6.61 Å². The minimum absolute atomic E-state index is 0.158. The van der Waals surface area contributed by atoms with Gasteiger partial charge in [0, 0.05) is 19.3 Å². The number of phosphoric ester groups is 1. The molecular weight excluding hydrogens is 667 g/mol. The number of esters is 2. The molecule has 2 N–H and O–H groups in total. The van der Waals surface area contributed by atoms with Crippen molar-refractivity contribution in [1.29, 1.82) is 0 Å². The molecule has 9 nitrogen and oxygen atoms in total. The number of phosphoric acid groups is 1. The average Bonchev–Trinajstić information content (AvgIpc) is 3.09. The Labute approximate surface area is 308 Å². The summed E-state index contributed by atoms with van der Waals surface area (Å²) in [5.74, 6) is -0.844. The molecule has 0 saturated carbocycles. The highest BCUT2D eigenvalue weighted by Crippen LogP contribution is 2.36. The molecule has 0 spiro atoms. The Balaban J connectivity index is 4.15. The fraction of sp³-hybridized carbons (Fsp3) is 0.634. The summed E-state index contributed by atoms with van der Waals surface area (Å²) in [6.07, 6.45) is 41.8. The summed E-state index contributed by atoms with van der Waals surface area (Å²) in [5.41, 5.74) is 0. The van der Waals surface area contributed by atoms with Gasteiger partial charge in [0.05, 0.1) is 6.61 Å². The van der Waals surface area contributed by atoms with Crippen LogP contribution in [0.25, 0.3) is 0 Å². The Kier molecular flexibility index (Phi) is 33.6. The summed E-state index contributed by atoms with van der Waals surface area (Å²) in [6.45, 7) is 3.41. The van der Waals surface area contributed by atoms with E-state index in [4.69, 9.17) is 19.3 Å². The number of hydrogen-bond acceptors (Lipinski definition) is 7. The summed E-state index contributed by atoms with van der Waals surface area (Å²) in [5, 5.41) is 0. The maximum atomic E-state index is 12.4. The van der Waals surface area contributed by atoms with Crippen LogP contribution in [-0.2, 0) is 32.9 Å². The quantitative estimate of drug-likeness (QED) is 0.0165. The first kappa shape index (κ1) is 48.2. The number of ketones is 1. The molecule has 0 aliphatic rings. The Morgan fingerprint density at radius 2 is 1.08 bits per heavy atom. The number of carbonyl (C=O) groups is 3. The third kappa shape index (κ3) is 38.2. The van der Waals surface area contributed by atoms with Gasteiger partial charge in [0.25, 0.3) is 0 Å². The molecular formula is C41H67O9P. The smallest absolute Gasteiger partial charge is 0.462 e. The van der Waals surface area contributed by atoms with Gasteiger partial charge in [-0.3, -0.25) is 18.9 Å². The van der Waals surface area contributed by atoms with Crippen LogP contribution in [0, 0.1) is 0 Å².